The standard InChI is InChI=1S/C20H20N4O4S2/c1-3-28-17(25)14-12(9-24(23-14)11-7-5-4-6-8-11)13-15-16(22-19(27)30-15)29-10-20(13,2)18(21)26/h4-9,13H,3,10H2,1-2H3,(H2,21,26)(H,22,27)/t13-,20-/m0/s1. The van der Waals surface area contributed by atoms with E-state index < -0.39 is 23.2 Å². The van der Waals surface area contributed by atoms with Gasteiger partial charge in [-0.15, -0.1) is 11.8 Å². The third kappa shape index (κ3) is 3.35. The van der Waals surface area contributed by atoms with Crippen molar-refractivity contribution in [3.05, 3.63) is 62.3 Å². The number of aromatic amines is 1. The number of rotatable bonds is 5. The SMILES string of the molecule is CCOC(=O)c1nn(-c2ccccc2)cc1[C@H]1c2sc(=O)[nH]c2SC[C@]1(C)C(N)=O. The molecule has 156 valence electrons. The van der Waals surface area contributed by atoms with Crippen molar-refractivity contribution in [2.75, 3.05) is 12.4 Å². The largest absolute Gasteiger partial charge is 0.461 e. The highest BCUT2D eigenvalue weighted by atomic mass is 32.2. The minimum Gasteiger partial charge on any atom is -0.461 e. The predicted octanol–water partition coefficient (Wildman–Crippen LogP) is 2.53. The molecule has 0 aliphatic carbocycles. The lowest BCUT2D eigenvalue weighted by Gasteiger charge is -2.37. The van der Waals surface area contributed by atoms with Crippen molar-refractivity contribution < 1.29 is 14.3 Å². The van der Waals surface area contributed by atoms with Crippen LogP contribution < -0.4 is 10.6 Å². The Bertz CT molecular complexity index is 1170. The first-order valence-electron chi connectivity index (χ1n) is 9.33. The Balaban J connectivity index is 1.96. The van der Waals surface area contributed by atoms with E-state index in [1.54, 1.807) is 24.7 Å². The zero-order chi connectivity index (χ0) is 21.5. The first-order valence-corrected chi connectivity index (χ1v) is 11.1. The number of carbonyl (C=O) groups is 2. The summed E-state index contributed by atoms with van der Waals surface area (Å²) in [7, 11) is 0. The average Bonchev–Trinajstić information content (AvgIpc) is 3.32. The fraction of sp³-hybridized carbons (Fsp3) is 0.300. The maximum atomic E-state index is 12.8. The first kappa shape index (κ1) is 20.4. The number of nitrogens with zero attached hydrogens (tertiary/aromatic N) is 2. The van der Waals surface area contributed by atoms with Crippen LogP contribution in [-0.2, 0) is 9.53 Å². The summed E-state index contributed by atoms with van der Waals surface area (Å²) in [6.45, 7) is 3.66. The number of thioether (sulfide) groups is 1. The van der Waals surface area contributed by atoms with E-state index in [1.165, 1.54) is 11.8 Å². The number of esters is 1. The monoisotopic (exact) mass is 444 g/mol. The molecule has 30 heavy (non-hydrogen) atoms. The van der Waals surface area contributed by atoms with Gasteiger partial charge < -0.3 is 15.5 Å². The van der Waals surface area contributed by atoms with Gasteiger partial charge in [0.1, 0.15) is 0 Å². The lowest BCUT2D eigenvalue weighted by molar-refractivity contribution is -0.126. The van der Waals surface area contributed by atoms with Gasteiger partial charge in [-0.3, -0.25) is 9.59 Å². The highest BCUT2D eigenvalue weighted by molar-refractivity contribution is 7.99. The lowest BCUT2D eigenvalue weighted by atomic mass is 9.73. The molecule has 0 bridgehead atoms. The zero-order valence-electron chi connectivity index (χ0n) is 16.4. The van der Waals surface area contributed by atoms with Crippen molar-refractivity contribution in [1.29, 1.82) is 0 Å². The van der Waals surface area contributed by atoms with Crippen LogP contribution in [-0.4, -0.2) is 39.0 Å². The summed E-state index contributed by atoms with van der Waals surface area (Å²) in [5, 5.41) is 5.17. The van der Waals surface area contributed by atoms with Gasteiger partial charge in [0.25, 0.3) is 0 Å². The van der Waals surface area contributed by atoms with E-state index in [-0.39, 0.29) is 17.2 Å². The molecule has 3 aromatic rings. The Labute approximate surface area is 180 Å². The number of nitrogens with two attached hydrogens (primary N) is 1. The Morgan fingerprint density at radius 2 is 2.10 bits per heavy atom. The first-order chi connectivity index (χ1) is 14.3. The molecule has 0 saturated carbocycles. The van der Waals surface area contributed by atoms with Crippen molar-refractivity contribution in [3.8, 4) is 5.69 Å². The second-order valence-electron chi connectivity index (χ2n) is 7.14. The highest BCUT2D eigenvalue weighted by Crippen LogP contribution is 2.52. The summed E-state index contributed by atoms with van der Waals surface area (Å²) in [5.74, 6) is -1.33. The van der Waals surface area contributed by atoms with E-state index in [0.717, 1.165) is 17.0 Å². The third-order valence-electron chi connectivity index (χ3n) is 5.16. The number of hydrogen-bond donors (Lipinski definition) is 2. The molecule has 0 saturated heterocycles. The summed E-state index contributed by atoms with van der Waals surface area (Å²) in [6.07, 6.45) is 1.72. The summed E-state index contributed by atoms with van der Waals surface area (Å²) in [4.78, 5) is 40.7. The molecule has 1 aliphatic rings. The second kappa shape index (κ2) is 7.77. The number of benzene rings is 1. The molecule has 3 N–H and O–H groups in total. The third-order valence-corrected chi connectivity index (χ3v) is 7.59. The van der Waals surface area contributed by atoms with E-state index >= 15 is 0 Å². The van der Waals surface area contributed by atoms with Gasteiger partial charge in [0.2, 0.25) is 5.91 Å². The van der Waals surface area contributed by atoms with Crippen LogP contribution >= 0.6 is 23.1 Å². The highest BCUT2D eigenvalue weighted by Gasteiger charge is 2.49. The number of H-pyrrole nitrogens is 1. The maximum absolute atomic E-state index is 12.8. The number of hydrogen-bond acceptors (Lipinski definition) is 7. The smallest absolute Gasteiger partial charge is 0.359 e. The van der Waals surface area contributed by atoms with Crippen molar-refractivity contribution in [1.82, 2.24) is 14.8 Å². The van der Waals surface area contributed by atoms with E-state index in [0.29, 0.717) is 21.2 Å². The predicted molar refractivity (Wildman–Crippen MR) is 114 cm³/mol. The van der Waals surface area contributed by atoms with Gasteiger partial charge in [0, 0.05) is 28.3 Å². The minimum atomic E-state index is -1.02. The molecule has 10 heteroatoms. The van der Waals surface area contributed by atoms with Crippen LogP contribution in [0.25, 0.3) is 5.69 Å². The summed E-state index contributed by atoms with van der Waals surface area (Å²) < 4.78 is 6.81. The van der Waals surface area contributed by atoms with Gasteiger partial charge in [0.05, 0.1) is 22.7 Å². The normalized spacial score (nSPS) is 20.5. The number of amides is 1. The Kier molecular flexibility index (Phi) is 5.29. The van der Waals surface area contributed by atoms with Crippen molar-refractivity contribution in [3.63, 3.8) is 0 Å². The maximum Gasteiger partial charge on any atom is 0.359 e. The van der Waals surface area contributed by atoms with Crippen LogP contribution in [0.1, 0.15) is 40.7 Å². The lowest BCUT2D eigenvalue weighted by Crippen LogP contribution is -2.44. The number of primary amides is 1. The van der Waals surface area contributed by atoms with Crippen LogP contribution in [0.5, 0.6) is 0 Å². The Hall–Kier alpha value is -2.85. The number of thiazole rings is 1. The van der Waals surface area contributed by atoms with Gasteiger partial charge in [-0.05, 0) is 26.0 Å². The number of fused-ring (bicyclic) bond motifs is 1. The average molecular weight is 445 g/mol. The van der Waals surface area contributed by atoms with E-state index in [1.807, 2.05) is 30.3 Å². The quantitative estimate of drug-likeness (QED) is 0.584. The molecular weight excluding hydrogens is 424 g/mol. The zero-order valence-corrected chi connectivity index (χ0v) is 18.0. The van der Waals surface area contributed by atoms with E-state index in [9.17, 15) is 14.4 Å². The molecule has 8 nitrogen and oxygen atoms in total. The minimum absolute atomic E-state index is 0.108. The van der Waals surface area contributed by atoms with Gasteiger partial charge in [-0.25, -0.2) is 9.48 Å². The van der Waals surface area contributed by atoms with Crippen LogP contribution in [0.3, 0.4) is 0 Å². The van der Waals surface area contributed by atoms with E-state index in [2.05, 4.69) is 10.1 Å². The molecule has 1 amide bonds. The van der Waals surface area contributed by atoms with Crippen LogP contribution in [0.15, 0.2) is 46.3 Å². The number of carbonyl (C=O) groups excluding carboxylic acids is 2. The number of aromatic nitrogens is 3. The number of para-hydroxylation sites is 1. The van der Waals surface area contributed by atoms with Gasteiger partial charge in [-0.1, -0.05) is 29.5 Å². The van der Waals surface area contributed by atoms with Crippen molar-refractivity contribution >= 4 is 35.0 Å². The molecule has 2 aromatic heterocycles. The topological polar surface area (TPSA) is 120 Å². The fourth-order valence-electron chi connectivity index (χ4n) is 3.59. The van der Waals surface area contributed by atoms with Crippen molar-refractivity contribution in [2.45, 2.75) is 24.8 Å². The van der Waals surface area contributed by atoms with Gasteiger partial charge in [0.15, 0.2) is 5.69 Å². The second-order valence-corrected chi connectivity index (χ2v) is 9.15. The van der Waals surface area contributed by atoms with Gasteiger partial charge in [-0.2, -0.15) is 5.10 Å². The molecular formula is C20H20N4O4S2. The van der Waals surface area contributed by atoms with Crippen LogP contribution in [0.2, 0.25) is 0 Å². The molecule has 4 rings (SSSR count). The van der Waals surface area contributed by atoms with E-state index in [4.69, 9.17) is 10.5 Å². The molecule has 0 radical (unpaired) electrons. The molecule has 3 heterocycles. The Morgan fingerprint density at radius 3 is 2.77 bits per heavy atom. The molecule has 2 atom stereocenters. The molecule has 0 spiro atoms. The van der Waals surface area contributed by atoms with Crippen LogP contribution in [0, 0.1) is 5.41 Å². The summed E-state index contributed by atoms with van der Waals surface area (Å²) in [5.41, 5.74) is 6.17. The number of nitrogens with one attached hydrogen (secondary N) is 1. The van der Waals surface area contributed by atoms with Gasteiger partial charge >= 0.3 is 10.8 Å². The fourth-order valence-corrected chi connectivity index (χ4v) is 6.13. The van der Waals surface area contributed by atoms with Crippen LogP contribution in [0.4, 0.5) is 0 Å². The summed E-state index contributed by atoms with van der Waals surface area (Å²) in [6, 6.07) is 9.32. The molecule has 0 unspecified atom stereocenters. The van der Waals surface area contributed by atoms with Crippen molar-refractivity contribution in [2.24, 2.45) is 11.1 Å². The number of ether oxygens (including phenoxy) is 1. The molecule has 0 fully saturated rings. The molecule has 1 aromatic carbocycles. The summed E-state index contributed by atoms with van der Waals surface area (Å²) >= 11 is 2.40. The molecule has 1 aliphatic heterocycles. The Morgan fingerprint density at radius 1 is 1.37 bits per heavy atom.